The van der Waals surface area contributed by atoms with Crippen LogP contribution >= 0.6 is 22.6 Å². The minimum Gasteiger partial charge on any atom is -0.486 e. The molecule has 3 heterocycles. The molecule has 0 saturated carbocycles. The topological polar surface area (TPSA) is 48.3 Å². The van der Waals surface area contributed by atoms with Gasteiger partial charge >= 0.3 is 0 Å². The van der Waals surface area contributed by atoms with E-state index in [1.54, 1.807) is 0 Å². The second-order valence-corrected chi connectivity index (χ2v) is 8.05. The molecule has 2 aliphatic heterocycles. The lowest BCUT2D eigenvalue weighted by Gasteiger charge is -2.19. The molecule has 0 spiro atoms. The highest BCUT2D eigenvalue weighted by atomic mass is 127. The summed E-state index contributed by atoms with van der Waals surface area (Å²) in [5.74, 6) is 2.68. The number of hydrogen-bond acceptors (Lipinski definition) is 4. The first kappa shape index (κ1) is 16.9. The highest BCUT2D eigenvalue weighted by Crippen LogP contribution is 2.37. The predicted molar refractivity (Wildman–Crippen MR) is 114 cm³/mol. The van der Waals surface area contributed by atoms with Crippen molar-refractivity contribution in [2.24, 2.45) is 0 Å². The molecule has 138 valence electrons. The number of nitrogens with zero attached hydrogens (tertiary/aromatic N) is 2. The number of anilines is 1. The Balaban J connectivity index is 1.65. The van der Waals surface area contributed by atoms with Gasteiger partial charge in [0.25, 0.3) is 0 Å². The fraction of sp³-hybridized carbons (Fsp3) is 0.286. The lowest BCUT2D eigenvalue weighted by atomic mass is 10.0. The molecule has 1 aromatic heterocycles. The van der Waals surface area contributed by atoms with Crippen molar-refractivity contribution in [2.75, 3.05) is 25.1 Å². The van der Waals surface area contributed by atoms with E-state index in [1.165, 1.54) is 22.0 Å². The van der Waals surface area contributed by atoms with Crippen molar-refractivity contribution < 1.29 is 9.47 Å². The van der Waals surface area contributed by atoms with Gasteiger partial charge < -0.3 is 14.8 Å². The van der Waals surface area contributed by atoms with E-state index in [-0.39, 0.29) is 0 Å². The molecular formula is C21H20IN3O2. The van der Waals surface area contributed by atoms with Crippen molar-refractivity contribution in [3.05, 3.63) is 51.6 Å². The lowest BCUT2D eigenvalue weighted by Crippen LogP contribution is -2.15. The molecule has 5 nitrogen and oxygen atoms in total. The summed E-state index contributed by atoms with van der Waals surface area (Å²) in [7, 11) is 0. The highest BCUT2D eigenvalue weighted by molar-refractivity contribution is 14.1. The zero-order chi connectivity index (χ0) is 18.2. The summed E-state index contributed by atoms with van der Waals surface area (Å²) in [6.07, 6.45) is 3.38. The van der Waals surface area contributed by atoms with E-state index in [4.69, 9.17) is 14.6 Å². The van der Waals surface area contributed by atoms with Crippen LogP contribution < -0.4 is 14.8 Å². The van der Waals surface area contributed by atoms with Gasteiger partial charge in [-0.2, -0.15) is 5.10 Å². The molecule has 6 heteroatoms. The number of nitrogens with one attached hydrogen (secondary N) is 1. The molecule has 0 atom stereocenters. The van der Waals surface area contributed by atoms with E-state index in [0.29, 0.717) is 13.2 Å². The van der Waals surface area contributed by atoms with Crippen LogP contribution in [0.15, 0.2) is 42.5 Å². The maximum Gasteiger partial charge on any atom is 0.163 e. The normalized spacial score (nSPS) is 15.6. The first-order chi connectivity index (χ1) is 13.3. The number of benzene rings is 2. The second-order valence-electron chi connectivity index (χ2n) is 6.81. The Bertz CT molecular complexity index is 982. The molecule has 0 aliphatic carbocycles. The average Bonchev–Trinajstić information content (AvgIpc) is 2.89. The maximum absolute atomic E-state index is 5.77. The van der Waals surface area contributed by atoms with Crippen molar-refractivity contribution in [3.8, 4) is 28.4 Å². The summed E-state index contributed by atoms with van der Waals surface area (Å²) in [6.45, 7) is 2.15. The van der Waals surface area contributed by atoms with Gasteiger partial charge in [-0.25, -0.2) is 4.68 Å². The number of rotatable bonds is 2. The molecule has 5 rings (SSSR count). The molecule has 0 saturated heterocycles. The predicted octanol–water partition coefficient (Wildman–Crippen LogP) is 4.66. The zero-order valence-electron chi connectivity index (χ0n) is 14.9. The first-order valence-electron chi connectivity index (χ1n) is 9.31. The quantitative estimate of drug-likeness (QED) is 0.550. The van der Waals surface area contributed by atoms with Crippen molar-refractivity contribution in [1.82, 2.24) is 9.78 Å². The highest BCUT2D eigenvalue weighted by Gasteiger charge is 2.22. The van der Waals surface area contributed by atoms with Gasteiger partial charge in [-0.3, -0.25) is 0 Å². The summed E-state index contributed by atoms with van der Waals surface area (Å²) in [6, 6.07) is 14.6. The molecule has 1 N–H and O–H groups in total. The monoisotopic (exact) mass is 473 g/mol. The molecule has 2 aromatic carbocycles. The van der Waals surface area contributed by atoms with Crippen molar-refractivity contribution in [1.29, 1.82) is 0 Å². The van der Waals surface area contributed by atoms with Crippen molar-refractivity contribution in [3.63, 3.8) is 0 Å². The van der Waals surface area contributed by atoms with Crippen LogP contribution in [0.2, 0.25) is 0 Å². The molecule has 0 amide bonds. The summed E-state index contributed by atoms with van der Waals surface area (Å²) >= 11 is 2.34. The average molecular weight is 473 g/mol. The minimum atomic E-state index is 0.583. The van der Waals surface area contributed by atoms with Gasteiger partial charge in [0.1, 0.15) is 19.0 Å². The summed E-state index contributed by atoms with van der Waals surface area (Å²) in [5.41, 5.74) is 4.50. The minimum absolute atomic E-state index is 0.583. The van der Waals surface area contributed by atoms with Crippen LogP contribution in [0.25, 0.3) is 16.9 Å². The third kappa shape index (κ3) is 3.16. The van der Waals surface area contributed by atoms with E-state index in [1.807, 2.05) is 22.9 Å². The Kier molecular flexibility index (Phi) is 4.43. The van der Waals surface area contributed by atoms with E-state index < -0.39 is 0 Å². The molecule has 3 aromatic rings. The van der Waals surface area contributed by atoms with E-state index >= 15 is 0 Å². The molecule has 2 aliphatic rings. The van der Waals surface area contributed by atoms with Crippen LogP contribution in [0, 0.1) is 3.57 Å². The SMILES string of the molecule is Ic1ccc(-c2nn(-c3ccc4c(c3)OCCO4)c3c2CCCCN3)cc1. The number of hydrogen-bond donors (Lipinski definition) is 1. The Hall–Kier alpha value is -2.22. The van der Waals surface area contributed by atoms with Gasteiger partial charge in [-0.05, 0) is 66.1 Å². The van der Waals surface area contributed by atoms with E-state index in [0.717, 1.165) is 47.2 Å². The smallest absolute Gasteiger partial charge is 0.163 e. The molecule has 0 radical (unpaired) electrons. The second kappa shape index (κ2) is 7.07. The number of aromatic nitrogens is 2. The Morgan fingerprint density at radius 2 is 1.78 bits per heavy atom. The van der Waals surface area contributed by atoms with Crippen LogP contribution in [0.1, 0.15) is 18.4 Å². The summed E-state index contributed by atoms with van der Waals surface area (Å²) in [5, 5.41) is 8.61. The Morgan fingerprint density at radius 1 is 0.963 bits per heavy atom. The first-order valence-corrected chi connectivity index (χ1v) is 10.4. The zero-order valence-corrected chi connectivity index (χ0v) is 17.0. The van der Waals surface area contributed by atoms with Gasteiger partial charge in [-0.1, -0.05) is 12.1 Å². The maximum atomic E-state index is 5.77. The van der Waals surface area contributed by atoms with Crippen LogP contribution in [0.4, 0.5) is 5.82 Å². The van der Waals surface area contributed by atoms with Crippen LogP contribution in [-0.2, 0) is 6.42 Å². The number of fused-ring (bicyclic) bond motifs is 2. The van der Waals surface area contributed by atoms with Crippen LogP contribution in [0.3, 0.4) is 0 Å². The standard InChI is InChI=1S/C21H20IN3O2/c22-15-6-4-14(5-7-15)20-17-3-1-2-10-23-21(17)25(24-20)16-8-9-18-19(13-16)27-12-11-26-18/h4-9,13,23H,1-3,10-12H2. The number of ether oxygens (including phenoxy) is 2. The summed E-state index contributed by atoms with van der Waals surface area (Å²) < 4.78 is 14.7. The van der Waals surface area contributed by atoms with E-state index in [2.05, 4.69) is 52.2 Å². The molecule has 0 fully saturated rings. The van der Waals surface area contributed by atoms with Gasteiger partial charge in [-0.15, -0.1) is 0 Å². The van der Waals surface area contributed by atoms with Crippen molar-refractivity contribution >= 4 is 28.4 Å². The lowest BCUT2D eigenvalue weighted by molar-refractivity contribution is 0.171. The third-order valence-electron chi connectivity index (χ3n) is 5.02. The fourth-order valence-corrected chi connectivity index (χ4v) is 4.05. The Labute approximate surface area is 171 Å². The van der Waals surface area contributed by atoms with E-state index in [9.17, 15) is 0 Å². The molecule has 0 unspecified atom stereocenters. The van der Waals surface area contributed by atoms with Gasteiger partial charge in [0.2, 0.25) is 0 Å². The summed E-state index contributed by atoms with van der Waals surface area (Å²) in [4.78, 5) is 0. The fourth-order valence-electron chi connectivity index (χ4n) is 3.69. The van der Waals surface area contributed by atoms with Crippen LogP contribution in [-0.4, -0.2) is 29.5 Å². The third-order valence-corrected chi connectivity index (χ3v) is 5.74. The van der Waals surface area contributed by atoms with Crippen LogP contribution in [0.5, 0.6) is 11.5 Å². The Morgan fingerprint density at radius 3 is 2.63 bits per heavy atom. The molecular weight excluding hydrogens is 453 g/mol. The van der Waals surface area contributed by atoms with Gasteiger partial charge in [0.05, 0.1) is 11.4 Å². The van der Waals surface area contributed by atoms with Crippen molar-refractivity contribution in [2.45, 2.75) is 19.3 Å². The molecule has 27 heavy (non-hydrogen) atoms. The largest absolute Gasteiger partial charge is 0.486 e. The van der Waals surface area contributed by atoms with Gasteiger partial charge in [0, 0.05) is 27.3 Å². The molecule has 0 bridgehead atoms. The number of halogens is 1. The van der Waals surface area contributed by atoms with Gasteiger partial charge in [0.15, 0.2) is 11.5 Å².